The van der Waals surface area contributed by atoms with Crippen molar-refractivity contribution < 1.29 is 0 Å². The Morgan fingerprint density at radius 2 is 2.00 bits per heavy atom. The summed E-state index contributed by atoms with van der Waals surface area (Å²) >= 11 is 4.34. The van der Waals surface area contributed by atoms with Gasteiger partial charge in [-0.25, -0.2) is 0 Å². The molecule has 0 unspecified atom stereocenters. The van der Waals surface area contributed by atoms with Crippen molar-refractivity contribution in [2.45, 2.75) is 34.1 Å². The third kappa shape index (κ3) is 2.42. The van der Waals surface area contributed by atoms with Crippen LogP contribution in [0, 0.1) is 13.8 Å². The Balaban J connectivity index is 3.35. The Morgan fingerprint density at radius 1 is 1.36 bits per heavy atom. The molecule has 0 amide bonds. The molecule has 76 valence electrons. The van der Waals surface area contributed by atoms with Crippen molar-refractivity contribution in [3.8, 4) is 0 Å². The fourth-order valence-electron chi connectivity index (χ4n) is 1.61. The first-order valence-electron chi connectivity index (χ1n) is 5.02. The normalized spacial score (nSPS) is 11.9. The first-order valence-corrected chi connectivity index (χ1v) is 5.47. The second-order valence-electron chi connectivity index (χ2n) is 3.72. The second kappa shape index (κ2) is 4.70. The maximum Gasteiger partial charge on any atom is -0.0185 e. The van der Waals surface area contributed by atoms with Gasteiger partial charge in [0.1, 0.15) is 0 Å². The summed E-state index contributed by atoms with van der Waals surface area (Å²) in [6.07, 6.45) is 3.23. The van der Waals surface area contributed by atoms with Crippen LogP contribution in [0.1, 0.15) is 36.1 Å². The van der Waals surface area contributed by atoms with Crippen LogP contribution < -0.4 is 0 Å². The van der Waals surface area contributed by atoms with Crippen LogP contribution in [0.15, 0.2) is 17.0 Å². The predicted octanol–water partition coefficient (Wildman–Crippen LogP) is 4.16. The summed E-state index contributed by atoms with van der Waals surface area (Å²) < 4.78 is 0. The van der Waals surface area contributed by atoms with E-state index in [4.69, 9.17) is 0 Å². The molecule has 0 aliphatic rings. The lowest BCUT2D eigenvalue weighted by molar-refractivity contribution is 1.11. The average molecular weight is 206 g/mol. The van der Waals surface area contributed by atoms with Crippen molar-refractivity contribution in [3.63, 3.8) is 0 Å². The standard InChI is InChI=1S/C13H18S/c1-5-12-7-6-9(2)11(4)13(12)8-10(3)14/h6-8,14H,5H2,1-4H3/b10-8-. The molecule has 0 aromatic heterocycles. The topological polar surface area (TPSA) is 0 Å². The zero-order chi connectivity index (χ0) is 10.7. The third-order valence-electron chi connectivity index (χ3n) is 2.61. The molecule has 14 heavy (non-hydrogen) atoms. The van der Waals surface area contributed by atoms with Crippen molar-refractivity contribution in [2.75, 3.05) is 0 Å². The summed E-state index contributed by atoms with van der Waals surface area (Å²) in [6.45, 7) is 8.54. The minimum atomic E-state index is 1.06. The molecular formula is C13H18S. The number of hydrogen-bond acceptors (Lipinski definition) is 1. The molecule has 0 aliphatic carbocycles. The maximum absolute atomic E-state index is 4.34. The lowest BCUT2D eigenvalue weighted by Crippen LogP contribution is -1.93. The van der Waals surface area contributed by atoms with E-state index in [1.807, 2.05) is 6.92 Å². The molecule has 0 N–H and O–H groups in total. The number of hydrogen-bond donors (Lipinski definition) is 1. The molecule has 1 aromatic carbocycles. The first-order chi connectivity index (χ1) is 6.56. The minimum Gasteiger partial charge on any atom is -0.148 e. The van der Waals surface area contributed by atoms with Gasteiger partial charge in [0.25, 0.3) is 0 Å². The first kappa shape index (κ1) is 11.4. The van der Waals surface area contributed by atoms with Crippen LogP contribution in [-0.4, -0.2) is 0 Å². The Bertz CT molecular complexity index is 358. The summed E-state index contributed by atoms with van der Waals surface area (Å²) in [5.41, 5.74) is 5.47. The van der Waals surface area contributed by atoms with Crippen molar-refractivity contribution in [2.24, 2.45) is 0 Å². The van der Waals surface area contributed by atoms with E-state index >= 15 is 0 Å². The molecule has 0 fully saturated rings. The molecule has 0 spiro atoms. The quantitative estimate of drug-likeness (QED) is 0.690. The van der Waals surface area contributed by atoms with E-state index in [2.05, 4.69) is 51.6 Å². The highest BCUT2D eigenvalue weighted by Gasteiger charge is 2.03. The largest absolute Gasteiger partial charge is 0.148 e. The van der Waals surface area contributed by atoms with Gasteiger partial charge in [-0.2, -0.15) is 0 Å². The fraction of sp³-hybridized carbons (Fsp3) is 0.385. The zero-order valence-electron chi connectivity index (χ0n) is 9.39. The predicted molar refractivity (Wildman–Crippen MR) is 67.9 cm³/mol. The monoisotopic (exact) mass is 206 g/mol. The lowest BCUT2D eigenvalue weighted by atomic mass is 9.96. The highest BCUT2D eigenvalue weighted by molar-refractivity contribution is 7.84. The van der Waals surface area contributed by atoms with Crippen molar-refractivity contribution in [3.05, 3.63) is 39.3 Å². The molecule has 0 saturated carbocycles. The van der Waals surface area contributed by atoms with E-state index in [0.29, 0.717) is 0 Å². The molecule has 0 radical (unpaired) electrons. The fourth-order valence-corrected chi connectivity index (χ4v) is 1.74. The molecule has 1 heteroatoms. The summed E-state index contributed by atoms with van der Waals surface area (Å²) in [6, 6.07) is 4.41. The summed E-state index contributed by atoms with van der Waals surface area (Å²) in [5, 5.41) is 0. The third-order valence-corrected chi connectivity index (χ3v) is 2.74. The van der Waals surface area contributed by atoms with E-state index < -0.39 is 0 Å². The molecule has 0 bridgehead atoms. The van der Waals surface area contributed by atoms with Gasteiger partial charge in [0.2, 0.25) is 0 Å². The van der Waals surface area contributed by atoms with Crippen molar-refractivity contribution in [1.29, 1.82) is 0 Å². The van der Waals surface area contributed by atoms with Gasteiger partial charge < -0.3 is 0 Å². The Morgan fingerprint density at radius 3 is 2.50 bits per heavy atom. The second-order valence-corrected chi connectivity index (χ2v) is 4.42. The van der Waals surface area contributed by atoms with Crippen LogP contribution in [0.5, 0.6) is 0 Å². The van der Waals surface area contributed by atoms with E-state index in [0.717, 1.165) is 11.3 Å². The minimum absolute atomic E-state index is 1.06. The average Bonchev–Trinajstić information content (AvgIpc) is 2.13. The highest BCUT2D eigenvalue weighted by Crippen LogP contribution is 2.22. The van der Waals surface area contributed by atoms with Gasteiger partial charge in [0.05, 0.1) is 0 Å². The molecule has 1 rings (SSSR count). The molecule has 0 nitrogen and oxygen atoms in total. The van der Waals surface area contributed by atoms with E-state index in [1.165, 1.54) is 22.3 Å². The zero-order valence-corrected chi connectivity index (χ0v) is 10.3. The highest BCUT2D eigenvalue weighted by atomic mass is 32.1. The van der Waals surface area contributed by atoms with Gasteiger partial charge in [-0.05, 0) is 60.4 Å². The van der Waals surface area contributed by atoms with Crippen LogP contribution in [0.4, 0.5) is 0 Å². The van der Waals surface area contributed by atoms with E-state index in [9.17, 15) is 0 Å². The number of benzene rings is 1. The Labute approximate surface area is 92.5 Å². The van der Waals surface area contributed by atoms with Gasteiger partial charge in [-0.3, -0.25) is 0 Å². The van der Waals surface area contributed by atoms with E-state index in [1.54, 1.807) is 0 Å². The molecule has 0 heterocycles. The number of thiol groups is 1. The van der Waals surface area contributed by atoms with Crippen LogP contribution in [-0.2, 0) is 6.42 Å². The summed E-state index contributed by atoms with van der Waals surface area (Å²) in [4.78, 5) is 1.06. The molecule has 0 aliphatic heterocycles. The van der Waals surface area contributed by atoms with E-state index in [-0.39, 0.29) is 0 Å². The van der Waals surface area contributed by atoms with Gasteiger partial charge in [0.15, 0.2) is 0 Å². The smallest absolute Gasteiger partial charge is 0.0185 e. The van der Waals surface area contributed by atoms with Crippen LogP contribution >= 0.6 is 12.6 Å². The summed E-state index contributed by atoms with van der Waals surface area (Å²) in [5.74, 6) is 0. The molecule has 0 atom stereocenters. The van der Waals surface area contributed by atoms with Crippen LogP contribution in [0.25, 0.3) is 6.08 Å². The van der Waals surface area contributed by atoms with Crippen molar-refractivity contribution >= 4 is 18.7 Å². The Hall–Kier alpha value is -0.690. The summed E-state index contributed by atoms with van der Waals surface area (Å²) in [7, 11) is 0. The van der Waals surface area contributed by atoms with Gasteiger partial charge in [-0.15, -0.1) is 12.6 Å². The van der Waals surface area contributed by atoms with Crippen LogP contribution in [0.2, 0.25) is 0 Å². The molecule has 1 aromatic rings. The van der Waals surface area contributed by atoms with Gasteiger partial charge in [-0.1, -0.05) is 19.1 Å². The number of aryl methyl sites for hydroxylation is 2. The number of allylic oxidation sites excluding steroid dienone is 1. The Kier molecular flexibility index (Phi) is 3.82. The molecule has 0 saturated heterocycles. The molecular weight excluding hydrogens is 188 g/mol. The lowest BCUT2D eigenvalue weighted by Gasteiger charge is -2.10. The van der Waals surface area contributed by atoms with Crippen LogP contribution in [0.3, 0.4) is 0 Å². The van der Waals surface area contributed by atoms with Crippen molar-refractivity contribution in [1.82, 2.24) is 0 Å². The van der Waals surface area contributed by atoms with Gasteiger partial charge >= 0.3 is 0 Å². The SMILES string of the molecule is CCc1ccc(C)c(C)c1/C=C(/C)S. The maximum atomic E-state index is 4.34. The van der Waals surface area contributed by atoms with Gasteiger partial charge in [0, 0.05) is 0 Å². The number of rotatable bonds is 2.